The molecule has 0 radical (unpaired) electrons. The van der Waals surface area contributed by atoms with Crippen LogP contribution in [0.3, 0.4) is 0 Å². The van der Waals surface area contributed by atoms with Gasteiger partial charge in [-0.1, -0.05) is 23.8 Å². The summed E-state index contributed by atoms with van der Waals surface area (Å²) in [4.78, 5) is 49.4. The minimum absolute atomic E-state index is 0.266. The molecule has 9 heteroatoms. The number of nitrogens with one attached hydrogen (secondary N) is 1. The number of aromatic nitrogens is 2. The number of rotatable bonds is 8. The van der Waals surface area contributed by atoms with E-state index in [2.05, 4.69) is 11.4 Å². The smallest absolute Gasteiger partial charge is 0.340 e. The van der Waals surface area contributed by atoms with Crippen LogP contribution in [0.25, 0.3) is 0 Å². The number of nitrogens with two attached hydrogens (primary N) is 1. The molecule has 0 amide bonds. The monoisotopic (exact) mass is 440 g/mol. The average molecular weight is 441 g/mol. The van der Waals surface area contributed by atoms with Crippen LogP contribution in [0.2, 0.25) is 0 Å². The summed E-state index contributed by atoms with van der Waals surface area (Å²) in [6.07, 6.45) is 7.87. The Hall–Kier alpha value is -3.62. The normalized spacial score (nSPS) is 13.4. The number of esters is 1. The lowest BCUT2D eigenvalue weighted by molar-refractivity contribution is 0.0475. The topological polar surface area (TPSA) is 125 Å². The maximum atomic E-state index is 12.6. The Bertz CT molecular complexity index is 1180. The molecule has 0 bridgehead atoms. The number of carbonyl (C=O) groups excluding carboxylic acids is 2. The van der Waals surface area contributed by atoms with Gasteiger partial charge in [0.25, 0.3) is 5.56 Å². The summed E-state index contributed by atoms with van der Waals surface area (Å²) in [6, 6.07) is 6.88. The number of nitrogens with zero attached hydrogens (tertiary/aromatic N) is 2. The lowest BCUT2D eigenvalue weighted by atomic mass is 9.97. The standard InChI is InChI=1S/C23H28N4O5/c1-26-20(24)19(21(29)27(2)23(26)31)18(28)14-32-22(30)16-10-6-7-11-17(16)25-13-12-15-8-4-3-5-9-15/h6-8,10-11,25H,3-5,9,12-14,24H2,1-2H3. The van der Waals surface area contributed by atoms with Gasteiger partial charge in [-0.3, -0.25) is 18.7 Å². The molecule has 0 saturated heterocycles. The molecule has 3 rings (SSSR count). The van der Waals surface area contributed by atoms with Gasteiger partial charge in [0.15, 0.2) is 6.61 Å². The van der Waals surface area contributed by atoms with Crippen LogP contribution < -0.4 is 22.3 Å². The third-order valence-electron chi connectivity index (χ3n) is 5.62. The molecule has 170 valence electrons. The highest BCUT2D eigenvalue weighted by Crippen LogP contribution is 2.21. The summed E-state index contributed by atoms with van der Waals surface area (Å²) in [7, 11) is 2.60. The molecule has 0 spiro atoms. The number of allylic oxidation sites excluding steroid dienone is 1. The number of hydrogen-bond donors (Lipinski definition) is 2. The van der Waals surface area contributed by atoms with E-state index in [0.717, 1.165) is 28.4 Å². The largest absolute Gasteiger partial charge is 0.454 e. The van der Waals surface area contributed by atoms with Gasteiger partial charge in [0, 0.05) is 26.3 Å². The van der Waals surface area contributed by atoms with Crippen molar-refractivity contribution in [2.75, 3.05) is 24.2 Å². The Balaban J connectivity index is 1.67. The zero-order valence-electron chi connectivity index (χ0n) is 18.3. The molecule has 1 aliphatic carbocycles. The Labute approximate surface area is 185 Å². The summed E-state index contributed by atoms with van der Waals surface area (Å²) in [5.74, 6) is -1.74. The van der Waals surface area contributed by atoms with Crippen molar-refractivity contribution in [3.8, 4) is 0 Å². The number of Topliss-reactive ketones (excluding diaryl/α,β-unsaturated/α-hetero) is 1. The zero-order chi connectivity index (χ0) is 23.3. The Morgan fingerprint density at radius 3 is 2.59 bits per heavy atom. The fourth-order valence-electron chi connectivity index (χ4n) is 3.71. The van der Waals surface area contributed by atoms with E-state index in [1.165, 1.54) is 32.5 Å². The van der Waals surface area contributed by atoms with Crippen molar-refractivity contribution in [3.63, 3.8) is 0 Å². The minimum atomic E-state index is -0.828. The van der Waals surface area contributed by atoms with Gasteiger partial charge in [-0.05, 0) is 44.2 Å². The van der Waals surface area contributed by atoms with Gasteiger partial charge in [0.1, 0.15) is 11.4 Å². The van der Waals surface area contributed by atoms with Gasteiger partial charge in [0.05, 0.1) is 5.56 Å². The van der Waals surface area contributed by atoms with Crippen LogP contribution in [-0.4, -0.2) is 34.0 Å². The van der Waals surface area contributed by atoms with Crippen molar-refractivity contribution in [2.45, 2.75) is 32.1 Å². The third-order valence-corrected chi connectivity index (χ3v) is 5.62. The van der Waals surface area contributed by atoms with Crippen LogP contribution in [0.15, 0.2) is 45.5 Å². The molecule has 0 saturated carbocycles. The second-order valence-corrected chi connectivity index (χ2v) is 7.80. The first-order valence-electron chi connectivity index (χ1n) is 10.6. The van der Waals surface area contributed by atoms with Gasteiger partial charge in [-0.2, -0.15) is 0 Å². The van der Waals surface area contributed by atoms with E-state index in [0.29, 0.717) is 17.8 Å². The highest BCUT2D eigenvalue weighted by molar-refractivity contribution is 6.03. The van der Waals surface area contributed by atoms with Crippen LogP contribution in [0.5, 0.6) is 0 Å². The summed E-state index contributed by atoms with van der Waals surface area (Å²) < 4.78 is 6.95. The fourth-order valence-corrected chi connectivity index (χ4v) is 3.71. The van der Waals surface area contributed by atoms with Crippen molar-refractivity contribution in [1.82, 2.24) is 9.13 Å². The summed E-state index contributed by atoms with van der Waals surface area (Å²) in [6.45, 7) is 0.0113. The fraction of sp³-hybridized carbons (Fsp3) is 0.391. The van der Waals surface area contributed by atoms with Crippen molar-refractivity contribution < 1.29 is 14.3 Å². The molecular weight excluding hydrogens is 412 g/mol. The predicted octanol–water partition coefficient (Wildman–Crippen LogP) is 2.01. The average Bonchev–Trinajstić information content (AvgIpc) is 2.81. The van der Waals surface area contributed by atoms with Crippen molar-refractivity contribution in [3.05, 3.63) is 67.9 Å². The molecule has 0 fully saturated rings. The van der Waals surface area contributed by atoms with Gasteiger partial charge < -0.3 is 15.8 Å². The molecule has 1 aromatic carbocycles. The summed E-state index contributed by atoms with van der Waals surface area (Å²) in [5, 5.41) is 3.26. The summed E-state index contributed by atoms with van der Waals surface area (Å²) in [5.41, 5.74) is 6.25. The van der Waals surface area contributed by atoms with Crippen molar-refractivity contribution in [1.29, 1.82) is 0 Å². The Kier molecular flexibility index (Phi) is 7.29. The maximum Gasteiger partial charge on any atom is 0.340 e. The lowest BCUT2D eigenvalue weighted by Gasteiger charge is -2.15. The lowest BCUT2D eigenvalue weighted by Crippen LogP contribution is -2.42. The zero-order valence-corrected chi connectivity index (χ0v) is 18.3. The quantitative estimate of drug-likeness (QED) is 0.365. The second kappa shape index (κ2) is 10.1. The van der Waals surface area contributed by atoms with Gasteiger partial charge in [-0.25, -0.2) is 9.59 Å². The summed E-state index contributed by atoms with van der Waals surface area (Å²) >= 11 is 0. The third kappa shape index (κ3) is 4.99. The molecule has 32 heavy (non-hydrogen) atoms. The first-order chi connectivity index (χ1) is 15.3. The van der Waals surface area contributed by atoms with Crippen LogP contribution in [-0.2, 0) is 18.8 Å². The molecule has 2 aromatic rings. The first kappa shape index (κ1) is 23.1. The number of benzene rings is 1. The van der Waals surface area contributed by atoms with Gasteiger partial charge >= 0.3 is 11.7 Å². The van der Waals surface area contributed by atoms with Gasteiger partial charge in [0.2, 0.25) is 5.78 Å². The van der Waals surface area contributed by atoms with E-state index in [-0.39, 0.29) is 11.4 Å². The molecular formula is C23H28N4O5. The van der Waals surface area contributed by atoms with Crippen LogP contribution in [0.4, 0.5) is 11.5 Å². The van der Waals surface area contributed by atoms with E-state index in [9.17, 15) is 19.2 Å². The molecule has 0 aliphatic heterocycles. The molecule has 3 N–H and O–H groups in total. The van der Waals surface area contributed by atoms with E-state index in [4.69, 9.17) is 10.5 Å². The van der Waals surface area contributed by atoms with Crippen molar-refractivity contribution >= 4 is 23.3 Å². The van der Waals surface area contributed by atoms with E-state index in [1.54, 1.807) is 24.3 Å². The van der Waals surface area contributed by atoms with Crippen LogP contribution in [0.1, 0.15) is 52.8 Å². The number of anilines is 2. The van der Waals surface area contributed by atoms with E-state index in [1.807, 2.05) is 0 Å². The van der Waals surface area contributed by atoms with E-state index >= 15 is 0 Å². The van der Waals surface area contributed by atoms with Crippen molar-refractivity contribution in [2.24, 2.45) is 14.1 Å². The molecule has 9 nitrogen and oxygen atoms in total. The second-order valence-electron chi connectivity index (χ2n) is 7.80. The molecule has 1 aliphatic rings. The predicted molar refractivity (Wildman–Crippen MR) is 122 cm³/mol. The Morgan fingerprint density at radius 1 is 1.12 bits per heavy atom. The number of nitrogen functional groups attached to an aromatic ring is 1. The SMILES string of the molecule is Cn1c(N)c(C(=O)COC(=O)c2ccccc2NCCC2=CCCCC2)c(=O)n(C)c1=O. The number of para-hydroxylation sites is 1. The number of ketones is 1. The highest BCUT2D eigenvalue weighted by atomic mass is 16.5. The molecule has 0 unspecified atom stereocenters. The highest BCUT2D eigenvalue weighted by Gasteiger charge is 2.22. The maximum absolute atomic E-state index is 12.6. The molecule has 1 heterocycles. The van der Waals surface area contributed by atoms with Crippen LogP contribution in [0, 0.1) is 0 Å². The number of hydrogen-bond acceptors (Lipinski definition) is 7. The number of carbonyl (C=O) groups is 2. The van der Waals surface area contributed by atoms with Gasteiger partial charge in [-0.15, -0.1) is 0 Å². The van der Waals surface area contributed by atoms with E-state index < -0.39 is 29.6 Å². The molecule has 1 aromatic heterocycles. The number of ether oxygens (including phenoxy) is 1. The Morgan fingerprint density at radius 2 is 1.88 bits per heavy atom. The minimum Gasteiger partial charge on any atom is -0.454 e. The first-order valence-corrected chi connectivity index (χ1v) is 10.6. The molecule has 0 atom stereocenters. The van der Waals surface area contributed by atoms with Crippen LogP contribution >= 0.6 is 0 Å².